The van der Waals surface area contributed by atoms with Crippen molar-refractivity contribution in [1.29, 1.82) is 0 Å². The van der Waals surface area contributed by atoms with Crippen molar-refractivity contribution in [2.24, 2.45) is 0 Å². The number of fused-ring (bicyclic) bond motifs is 1. The van der Waals surface area contributed by atoms with Crippen molar-refractivity contribution in [2.75, 3.05) is 19.5 Å². The van der Waals surface area contributed by atoms with E-state index < -0.39 is 5.25 Å². The smallest absolute Gasteiger partial charge is 0.242 e. The number of ether oxygens (including phenoxy) is 2. The highest BCUT2D eigenvalue weighted by molar-refractivity contribution is 8.00. The number of carbonyl (C=O) groups is 1. The molecule has 0 bridgehead atoms. The number of aryl methyl sites for hydroxylation is 1. The Hall–Kier alpha value is -3.45. The highest BCUT2D eigenvalue weighted by Crippen LogP contribution is 2.37. The van der Waals surface area contributed by atoms with E-state index in [1.807, 2.05) is 73.7 Å². The minimum absolute atomic E-state index is 0.155. The summed E-state index contributed by atoms with van der Waals surface area (Å²) >= 11 is 1.37. The number of aromatic amines is 1. The number of imidazole rings is 1. The molecule has 0 saturated carbocycles. The number of benzene rings is 3. The van der Waals surface area contributed by atoms with Gasteiger partial charge >= 0.3 is 0 Å². The molecule has 0 saturated heterocycles. The van der Waals surface area contributed by atoms with Crippen LogP contribution in [0.25, 0.3) is 11.0 Å². The zero-order valence-corrected chi connectivity index (χ0v) is 18.3. The van der Waals surface area contributed by atoms with Crippen molar-refractivity contribution in [3.63, 3.8) is 0 Å². The first kappa shape index (κ1) is 20.8. The van der Waals surface area contributed by atoms with Crippen LogP contribution >= 0.6 is 11.8 Å². The predicted octanol–water partition coefficient (Wildman–Crippen LogP) is 5.36. The Labute approximate surface area is 185 Å². The number of nitrogens with one attached hydrogen (secondary N) is 2. The van der Waals surface area contributed by atoms with Gasteiger partial charge in [-0.1, -0.05) is 48.2 Å². The Morgan fingerprint density at radius 1 is 1.03 bits per heavy atom. The summed E-state index contributed by atoms with van der Waals surface area (Å²) < 4.78 is 10.7. The summed E-state index contributed by atoms with van der Waals surface area (Å²) in [5, 5.41) is 3.18. The molecule has 0 spiro atoms. The summed E-state index contributed by atoms with van der Waals surface area (Å²) in [5.41, 5.74) is 4.23. The second-order valence-corrected chi connectivity index (χ2v) is 8.12. The van der Waals surface area contributed by atoms with Crippen LogP contribution in [0.15, 0.2) is 71.9 Å². The van der Waals surface area contributed by atoms with E-state index in [4.69, 9.17) is 9.47 Å². The van der Waals surface area contributed by atoms with Crippen molar-refractivity contribution >= 4 is 34.4 Å². The fourth-order valence-electron chi connectivity index (χ4n) is 3.28. The number of anilines is 1. The molecule has 0 aliphatic heterocycles. The van der Waals surface area contributed by atoms with E-state index in [2.05, 4.69) is 15.3 Å². The lowest BCUT2D eigenvalue weighted by molar-refractivity contribution is -0.115. The molecule has 0 fully saturated rings. The van der Waals surface area contributed by atoms with Crippen LogP contribution in [0.4, 0.5) is 5.69 Å². The standard InChI is InChI=1S/C24H23N3O3S/c1-15-9-12-21(30-3)20(13-15)25-23(28)22(16-7-5-4-6-8-16)31-24-26-18-11-10-17(29-2)14-19(18)27-24/h4-14,22H,1-3H3,(H,25,28)(H,26,27)/t22-/m0/s1. The van der Waals surface area contributed by atoms with Gasteiger partial charge in [-0.2, -0.15) is 0 Å². The molecule has 2 N–H and O–H groups in total. The third kappa shape index (κ3) is 4.67. The van der Waals surface area contributed by atoms with Crippen LogP contribution in [0.2, 0.25) is 0 Å². The van der Waals surface area contributed by atoms with Crippen LogP contribution in [-0.2, 0) is 4.79 Å². The van der Waals surface area contributed by atoms with Crippen LogP contribution in [0.3, 0.4) is 0 Å². The first-order chi connectivity index (χ1) is 15.1. The van der Waals surface area contributed by atoms with Gasteiger partial charge in [0.25, 0.3) is 0 Å². The highest BCUT2D eigenvalue weighted by Gasteiger charge is 2.24. The van der Waals surface area contributed by atoms with Crippen LogP contribution in [0.1, 0.15) is 16.4 Å². The first-order valence-corrected chi connectivity index (χ1v) is 10.7. The fourth-order valence-corrected chi connectivity index (χ4v) is 4.28. The topological polar surface area (TPSA) is 76.2 Å². The molecule has 1 heterocycles. The second-order valence-electron chi connectivity index (χ2n) is 7.03. The number of nitrogens with zero attached hydrogens (tertiary/aromatic N) is 1. The molecule has 1 atom stereocenters. The SMILES string of the molecule is COc1ccc2nc(S[C@H](C(=O)Nc3cc(C)ccc3OC)c3ccccc3)[nH]c2c1. The maximum atomic E-state index is 13.4. The van der Waals surface area contributed by atoms with E-state index in [1.165, 1.54) is 11.8 Å². The zero-order chi connectivity index (χ0) is 21.8. The van der Waals surface area contributed by atoms with Crippen molar-refractivity contribution < 1.29 is 14.3 Å². The third-order valence-corrected chi connectivity index (χ3v) is 5.99. The minimum atomic E-state index is -0.506. The van der Waals surface area contributed by atoms with Crippen LogP contribution in [0.5, 0.6) is 11.5 Å². The maximum absolute atomic E-state index is 13.4. The van der Waals surface area contributed by atoms with Gasteiger partial charge in [-0.25, -0.2) is 4.98 Å². The number of methoxy groups -OCH3 is 2. The summed E-state index contributed by atoms with van der Waals surface area (Å²) in [4.78, 5) is 21.3. The Kier molecular flexibility index (Phi) is 6.13. The zero-order valence-electron chi connectivity index (χ0n) is 17.5. The van der Waals surface area contributed by atoms with Crippen molar-refractivity contribution in [1.82, 2.24) is 9.97 Å². The summed E-state index contributed by atoms with van der Waals surface area (Å²) in [7, 11) is 3.22. The summed E-state index contributed by atoms with van der Waals surface area (Å²) in [5.74, 6) is 1.21. The fraction of sp³-hybridized carbons (Fsp3) is 0.167. The Morgan fingerprint density at radius 3 is 2.58 bits per heavy atom. The van der Waals surface area contributed by atoms with E-state index in [0.717, 1.165) is 27.9 Å². The normalized spacial score (nSPS) is 11.8. The second kappa shape index (κ2) is 9.14. The Bertz CT molecular complexity index is 1210. The molecule has 158 valence electrons. The number of carbonyl (C=O) groups excluding carboxylic acids is 1. The number of H-pyrrole nitrogens is 1. The average Bonchev–Trinajstić information content (AvgIpc) is 3.20. The average molecular weight is 434 g/mol. The lowest BCUT2D eigenvalue weighted by Gasteiger charge is -2.17. The molecule has 7 heteroatoms. The molecule has 1 amide bonds. The van der Waals surface area contributed by atoms with Gasteiger partial charge in [0.2, 0.25) is 5.91 Å². The summed E-state index contributed by atoms with van der Waals surface area (Å²) in [6.45, 7) is 1.97. The Morgan fingerprint density at radius 2 is 1.84 bits per heavy atom. The van der Waals surface area contributed by atoms with Gasteiger partial charge < -0.3 is 19.8 Å². The van der Waals surface area contributed by atoms with Gasteiger partial charge in [-0.3, -0.25) is 4.79 Å². The van der Waals surface area contributed by atoms with E-state index in [9.17, 15) is 4.79 Å². The molecule has 6 nitrogen and oxygen atoms in total. The minimum Gasteiger partial charge on any atom is -0.497 e. The highest BCUT2D eigenvalue weighted by atomic mass is 32.2. The largest absolute Gasteiger partial charge is 0.497 e. The van der Waals surface area contributed by atoms with Crippen LogP contribution in [-0.4, -0.2) is 30.1 Å². The van der Waals surface area contributed by atoms with Gasteiger partial charge in [-0.05, 0) is 42.3 Å². The predicted molar refractivity (Wildman–Crippen MR) is 124 cm³/mol. The van der Waals surface area contributed by atoms with E-state index in [-0.39, 0.29) is 5.91 Å². The first-order valence-electron chi connectivity index (χ1n) is 9.78. The molecule has 0 aliphatic carbocycles. The number of amides is 1. The molecule has 1 aromatic heterocycles. The molecular weight excluding hydrogens is 410 g/mol. The molecule has 31 heavy (non-hydrogen) atoms. The molecular formula is C24H23N3O3S. The molecule has 0 unspecified atom stereocenters. The Balaban J connectivity index is 1.65. The van der Waals surface area contributed by atoms with Crippen molar-refractivity contribution in [2.45, 2.75) is 17.3 Å². The van der Waals surface area contributed by atoms with Crippen molar-refractivity contribution in [3.05, 3.63) is 77.9 Å². The molecule has 4 rings (SSSR count). The number of hydrogen-bond acceptors (Lipinski definition) is 5. The van der Waals surface area contributed by atoms with E-state index >= 15 is 0 Å². The van der Waals surface area contributed by atoms with Gasteiger partial charge in [0.05, 0.1) is 30.9 Å². The number of aromatic nitrogens is 2. The third-order valence-electron chi connectivity index (χ3n) is 4.85. The molecule has 3 aromatic carbocycles. The van der Waals surface area contributed by atoms with E-state index in [0.29, 0.717) is 16.6 Å². The number of thioether (sulfide) groups is 1. The number of hydrogen-bond donors (Lipinski definition) is 2. The monoisotopic (exact) mass is 433 g/mol. The number of rotatable bonds is 7. The summed E-state index contributed by atoms with van der Waals surface area (Å²) in [6.07, 6.45) is 0. The lowest BCUT2D eigenvalue weighted by Crippen LogP contribution is -2.19. The van der Waals surface area contributed by atoms with Gasteiger partial charge in [-0.15, -0.1) is 0 Å². The van der Waals surface area contributed by atoms with Gasteiger partial charge in [0, 0.05) is 6.07 Å². The molecule has 4 aromatic rings. The van der Waals surface area contributed by atoms with Gasteiger partial charge in [0.1, 0.15) is 16.7 Å². The summed E-state index contributed by atoms with van der Waals surface area (Å²) in [6, 6.07) is 21.0. The lowest BCUT2D eigenvalue weighted by atomic mass is 10.1. The van der Waals surface area contributed by atoms with Crippen LogP contribution < -0.4 is 14.8 Å². The van der Waals surface area contributed by atoms with Crippen molar-refractivity contribution in [3.8, 4) is 11.5 Å². The maximum Gasteiger partial charge on any atom is 0.242 e. The quantitative estimate of drug-likeness (QED) is 0.384. The van der Waals surface area contributed by atoms with Gasteiger partial charge in [0.15, 0.2) is 5.16 Å². The molecule has 0 aliphatic rings. The molecule has 0 radical (unpaired) electrons. The van der Waals surface area contributed by atoms with E-state index in [1.54, 1.807) is 14.2 Å². The van der Waals surface area contributed by atoms with Crippen LogP contribution in [0, 0.1) is 6.92 Å².